The lowest BCUT2D eigenvalue weighted by atomic mass is 10.0. The first-order valence-electron chi connectivity index (χ1n) is 9.77. The fourth-order valence-electron chi connectivity index (χ4n) is 3.67. The summed E-state index contributed by atoms with van der Waals surface area (Å²) >= 11 is 0. The summed E-state index contributed by atoms with van der Waals surface area (Å²) in [5.41, 5.74) is 0.268. The van der Waals surface area contributed by atoms with Crippen LogP contribution in [0.1, 0.15) is 43.9 Å². The number of nitrogens with zero attached hydrogens (tertiary/aromatic N) is 3. The van der Waals surface area contributed by atoms with E-state index in [0.29, 0.717) is 11.1 Å². The molecule has 2 heterocycles. The van der Waals surface area contributed by atoms with Gasteiger partial charge in [-0.2, -0.15) is 5.26 Å². The van der Waals surface area contributed by atoms with Crippen molar-refractivity contribution in [2.24, 2.45) is 0 Å². The van der Waals surface area contributed by atoms with Crippen LogP contribution in [0.4, 0.5) is 14.0 Å². The van der Waals surface area contributed by atoms with Gasteiger partial charge < -0.3 is 14.2 Å². The Hall–Kier alpha value is -3.35. The average Bonchev–Trinajstić information content (AvgIpc) is 3.32. The third-order valence-corrected chi connectivity index (χ3v) is 5.08. The molecule has 0 aliphatic carbocycles. The van der Waals surface area contributed by atoms with Crippen LogP contribution in [0.2, 0.25) is 0 Å². The molecule has 0 spiro atoms. The second-order valence-corrected chi connectivity index (χ2v) is 8.43. The predicted octanol–water partition coefficient (Wildman–Crippen LogP) is 2.70. The number of methoxy groups -OCH3 is 1. The summed E-state index contributed by atoms with van der Waals surface area (Å²) in [7, 11) is 1.21. The van der Waals surface area contributed by atoms with Crippen molar-refractivity contribution in [1.82, 2.24) is 9.80 Å². The highest BCUT2D eigenvalue weighted by Gasteiger charge is 2.44. The molecule has 166 valence electrons. The van der Waals surface area contributed by atoms with E-state index in [1.54, 1.807) is 20.8 Å². The number of amides is 2. The number of hydrogen-bond acceptors (Lipinski definition) is 7. The lowest BCUT2D eigenvalue weighted by Crippen LogP contribution is -2.44. The van der Waals surface area contributed by atoms with E-state index < -0.39 is 41.7 Å². The SMILES string of the molecule is COC(=O)[C@@H]1C[C@@H](OC(=O)N2Cc3c(F)ccc(C#N)c3C2)CN1C(=O)OC(C)(C)C. The van der Waals surface area contributed by atoms with Crippen molar-refractivity contribution < 1.29 is 33.0 Å². The summed E-state index contributed by atoms with van der Waals surface area (Å²) in [6.07, 6.45) is -2.15. The monoisotopic (exact) mass is 433 g/mol. The first-order valence-corrected chi connectivity index (χ1v) is 9.77. The van der Waals surface area contributed by atoms with Gasteiger partial charge >= 0.3 is 18.2 Å². The summed E-state index contributed by atoms with van der Waals surface area (Å²) < 4.78 is 29.7. The van der Waals surface area contributed by atoms with Crippen LogP contribution in [0.15, 0.2) is 12.1 Å². The standard InChI is InChI=1S/C21H24FN3O6/c1-21(2,3)31-20(28)25-9-13(7-17(25)18(26)29-4)30-19(27)24-10-14-12(8-23)5-6-16(22)15(14)11-24/h5-6,13,17H,7,9-11H2,1-4H3/t13-,17+/m1/s1. The number of carbonyl (C=O) groups is 3. The minimum Gasteiger partial charge on any atom is -0.467 e. The zero-order valence-corrected chi connectivity index (χ0v) is 17.8. The molecule has 2 atom stereocenters. The van der Waals surface area contributed by atoms with Crippen molar-refractivity contribution in [3.63, 3.8) is 0 Å². The molecule has 1 saturated heterocycles. The molecule has 0 aromatic heterocycles. The van der Waals surface area contributed by atoms with E-state index in [1.807, 2.05) is 6.07 Å². The van der Waals surface area contributed by atoms with Gasteiger partial charge in [0.1, 0.15) is 23.6 Å². The third-order valence-electron chi connectivity index (χ3n) is 5.08. The topological polar surface area (TPSA) is 109 Å². The molecule has 1 aromatic carbocycles. The van der Waals surface area contributed by atoms with E-state index in [0.717, 1.165) is 0 Å². The van der Waals surface area contributed by atoms with E-state index in [2.05, 4.69) is 0 Å². The number of hydrogen-bond donors (Lipinski definition) is 0. The largest absolute Gasteiger partial charge is 0.467 e. The molecule has 2 aliphatic rings. The maximum Gasteiger partial charge on any atom is 0.411 e. The van der Waals surface area contributed by atoms with Crippen LogP contribution in [0.3, 0.4) is 0 Å². The highest BCUT2D eigenvalue weighted by Crippen LogP contribution is 2.30. The minimum atomic E-state index is -0.948. The third kappa shape index (κ3) is 4.71. The highest BCUT2D eigenvalue weighted by molar-refractivity contribution is 5.82. The Labute approximate surface area is 179 Å². The second-order valence-electron chi connectivity index (χ2n) is 8.43. The van der Waals surface area contributed by atoms with Gasteiger partial charge in [-0.05, 0) is 38.5 Å². The summed E-state index contributed by atoms with van der Waals surface area (Å²) in [5, 5.41) is 9.21. The van der Waals surface area contributed by atoms with Crippen molar-refractivity contribution in [1.29, 1.82) is 5.26 Å². The van der Waals surface area contributed by atoms with Crippen LogP contribution < -0.4 is 0 Å². The smallest absolute Gasteiger partial charge is 0.411 e. The van der Waals surface area contributed by atoms with Gasteiger partial charge in [-0.25, -0.2) is 18.8 Å². The van der Waals surface area contributed by atoms with Gasteiger partial charge in [0.2, 0.25) is 0 Å². The molecule has 9 nitrogen and oxygen atoms in total. The number of ether oxygens (including phenoxy) is 3. The van der Waals surface area contributed by atoms with Crippen molar-refractivity contribution >= 4 is 18.2 Å². The lowest BCUT2D eigenvalue weighted by molar-refractivity contribution is -0.145. The molecule has 1 aromatic rings. The van der Waals surface area contributed by atoms with Crippen LogP contribution in [-0.2, 0) is 32.1 Å². The Morgan fingerprint density at radius 3 is 2.45 bits per heavy atom. The number of rotatable bonds is 2. The number of fused-ring (bicyclic) bond motifs is 1. The Bertz CT molecular complexity index is 952. The van der Waals surface area contributed by atoms with E-state index >= 15 is 0 Å². The van der Waals surface area contributed by atoms with Crippen LogP contribution in [0.25, 0.3) is 0 Å². The van der Waals surface area contributed by atoms with Gasteiger partial charge in [0.05, 0.1) is 38.4 Å². The molecule has 10 heteroatoms. The maximum atomic E-state index is 14.1. The number of halogens is 1. The van der Waals surface area contributed by atoms with Crippen molar-refractivity contribution in [2.75, 3.05) is 13.7 Å². The number of likely N-dealkylation sites (tertiary alicyclic amines) is 1. The normalized spacial score (nSPS) is 20.1. The molecule has 1 fully saturated rings. The highest BCUT2D eigenvalue weighted by atomic mass is 19.1. The molecule has 31 heavy (non-hydrogen) atoms. The van der Waals surface area contributed by atoms with Gasteiger partial charge in [0, 0.05) is 12.0 Å². The second kappa shape index (κ2) is 8.41. The molecule has 2 aliphatic heterocycles. The molecule has 0 bridgehead atoms. The zero-order chi connectivity index (χ0) is 22.9. The first kappa shape index (κ1) is 22.3. The maximum absolute atomic E-state index is 14.1. The molecular formula is C21H24FN3O6. The van der Waals surface area contributed by atoms with Crippen molar-refractivity contribution in [3.8, 4) is 6.07 Å². The lowest BCUT2D eigenvalue weighted by Gasteiger charge is -2.27. The van der Waals surface area contributed by atoms with E-state index in [-0.39, 0.29) is 31.6 Å². The number of nitriles is 1. The van der Waals surface area contributed by atoms with Crippen LogP contribution in [-0.4, -0.2) is 59.4 Å². The van der Waals surface area contributed by atoms with Gasteiger partial charge in [-0.1, -0.05) is 0 Å². The Morgan fingerprint density at radius 2 is 1.84 bits per heavy atom. The fourth-order valence-corrected chi connectivity index (χ4v) is 3.67. The van der Waals surface area contributed by atoms with Gasteiger partial charge in [0.25, 0.3) is 0 Å². The summed E-state index contributed by atoms with van der Waals surface area (Å²) in [5.74, 6) is -1.13. The Balaban J connectivity index is 1.69. The number of carbonyl (C=O) groups excluding carboxylic acids is 3. The average molecular weight is 433 g/mol. The quantitative estimate of drug-likeness (QED) is 0.521. The van der Waals surface area contributed by atoms with Gasteiger partial charge in [-0.3, -0.25) is 9.80 Å². The number of benzene rings is 1. The predicted molar refractivity (Wildman–Crippen MR) is 104 cm³/mol. The molecule has 0 saturated carbocycles. The van der Waals surface area contributed by atoms with Crippen LogP contribution in [0, 0.1) is 17.1 Å². The minimum absolute atomic E-state index is 0.0293. The number of esters is 1. The zero-order valence-electron chi connectivity index (χ0n) is 17.8. The van der Waals surface area contributed by atoms with Crippen molar-refractivity contribution in [2.45, 2.75) is 58.0 Å². The van der Waals surface area contributed by atoms with E-state index in [9.17, 15) is 24.0 Å². The summed E-state index contributed by atoms with van der Waals surface area (Å²) in [6, 6.07) is 3.62. The molecule has 3 rings (SSSR count). The molecule has 0 radical (unpaired) electrons. The molecule has 2 amide bonds. The summed E-state index contributed by atoms with van der Waals surface area (Å²) in [6.45, 7) is 5.07. The van der Waals surface area contributed by atoms with Gasteiger partial charge in [-0.15, -0.1) is 0 Å². The molecular weight excluding hydrogens is 409 g/mol. The van der Waals surface area contributed by atoms with E-state index in [1.165, 1.54) is 29.0 Å². The molecule has 0 N–H and O–H groups in total. The van der Waals surface area contributed by atoms with Crippen LogP contribution >= 0.6 is 0 Å². The van der Waals surface area contributed by atoms with E-state index in [4.69, 9.17) is 14.2 Å². The molecule has 0 unspecified atom stereocenters. The van der Waals surface area contributed by atoms with Crippen LogP contribution in [0.5, 0.6) is 0 Å². The van der Waals surface area contributed by atoms with Gasteiger partial charge in [0.15, 0.2) is 0 Å². The Morgan fingerprint density at radius 1 is 1.16 bits per heavy atom. The van der Waals surface area contributed by atoms with Crippen molar-refractivity contribution in [3.05, 3.63) is 34.6 Å². The summed E-state index contributed by atoms with van der Waals surface area (Å²) in [4.78, 5) is 39.8. The first-order chi connectivity index (χ1) is 14.5. The fraction of sp³-hybridized carbons (Fsp3) is 0.524. The Kier molecular flexibility index (Phi) is 6.06.